The minimum Gasteiger partial charge on any atom is -0.394 e. The Bertz CT molecular complexity index is 533. The van der Waals surface area contributed by atoms with E-state index in [2.05, 4.69) is 10.5 Å². The molecule has 19 heavy (non-hydrogen) atoms. The van der Waals surface area contributed by atoms with Crippen LogP contribution < -0.4 is 5.32 Å². The van der Waals surface area contributed by atoms with Crippen LogP contribution in [0.25, 0.3) is 11.3 Å². The van der Waals surface area contributed by atoms with Gasteiger partial charge in [-0.15, -0.1) is 0 Å². The summed E-state index contributed by atoms with van der Waals surface area (Å²) >= 11 is 0. The van der Waals surface area contributed by atoms with Gasteiger partial charge in [-0.05, 0) is 6.42 Å². The van der Waals surface area contributed by atoms with Crippen LogP contribution >= 0.6 is 0 Å². The monoisotopic (exact) mass is 260 g/mol. The molecular formula is C14H16N2O3. The lowest BCUT2D eigenvalue weighted by atomic mass is 10.1. The van der Waals surface area contributed by atoms with Crippen LogP contribution in [0.4, 0.5) is 0 Å². The van der Waals surface area contributed by atoms with Crippen molar-refractivity contribution < 1.29 is 14.4 Å². The van der Waals surface area contributed by atoms with Gasteiger partial charge in [0.1, 0.15) is 5.69 Å². The molecule has 1 unspecified atom stereocenters. The predicted octanol–water partition coefficient (Wildman–Crippen LogP) is 1.84. The Labute approximate surface area is 111 Å². The fourth-order valence-electron chi connectivity index (χ4n) is 1.66. The lowest BCUT2D eigenvalue weighted by Crippen LogP contribution is -2.36. The molecule has 1 atom stereocenters. The summed E-state index contributed by atoms with van der Waals surface area (Å²) in [6.07, 6.45) is 0.655. The number of benzene rings is 1. The second-order valence-corrected chi connectivity index (χ2v) is 4.20. The van der Waals surface area contributed by atoms with Crippen molar-refractivity contribution in [2.45, 2.75) is 19.4 Å². The van der Waals surface area contributed by atoms with Gasteiger partial charge in [0.25, 0.3) is 5.91 Å². The Balaban J connectivity index is 2.11. The average Bonchev–Trinajstić information content (AvgIpc) is 2.95. The Morgan fingerprint density at radius 1 is 1.42 bits per heavy atom. The zero-order valence-corrected chi connectivity index (χ0v) is 10.7. The number of carbonyl (C=O) groups excluding carboxylic acids is 1. The quantitative estimate of drug-likeness (QED) is 0.860. The SMILES string of the molecule is CCC(CO)NC(=O)c1cc(-c2ccccc2)no1. The summed E-state index contributed by atoms with van der Waals surface area (Å²) in [6.45, 7) is 1.79. The first-order valence-corrected chi connectivity index (χ1v) is 6.18. The molecule has 2 aromatic rings. The lowest BCUT2D eigenvalue weighted by molar-refractivity contribution is 0.0878. The largest absolute Gasteiger partial charge is 0.394 e. The highest BCUT2D eigenvalue weighted by Crippen LogP contribution is 2.18. The summed E-state index contributed by atoms with van der Waals surface area (Å²) in [7, 11) is 0. The highest BCUT2D eigenvalue weighted by Gasteiger charge is 2.16. The van der Waals surface area contributed by atoms with Gasteiger partial charge in [0.2, 0.25) is 5.76 Å². The van der Waals surface area contributed by atoms with Gasteiger partial charge in [-0.25, -0.2) is 0 Å². The van der Waals surface area contributed by atoms with E-state index < -0.39 is 0 Å². The molecule has 100 valence electrons. The van der Waals surface area contributed by atoms with Crippen molar-refractivity contribution in [3.63, 3.8) is 0 Å². The average molecular weight is 260 g/mol. The molecule has 0 bridgehead atoms. The van der Waals surface area contributed by atoms with Gasteiger partial charge in [0.05, 0.1) is 12.6 Å². The highest BCUT2D eigenvalue weighted by molar-refractivity contribution is 5.92. The number of hydrogen-bond acceptors (Lipinski definition) is 4. The first-order valence-electron chi connectivity index (χ1n) is 6.18. The molecule has 0 aliphatic rings. The van der Waals surface area contributed by atoms with Crippen molar-refractivity contribution in [1.29, 1.82) is 0 Å². The molecule has 5 heteroatoms. The second kappa shape index (κ2) is 6.15. The molecule has 1 heterocycles. The molecule has 2 N–H and O–H groups in total. The Morgan fingerprint density at radius 2 is 2.16 bits per heavy atom. The molecule has 0 aliphatic heterocycles. The van der Waals surface area contributed by atoms with Crippen LogP contribution in [0.5, 0.6) is 0 Å². The van der Waals surface area contributed by atoms with Gasteiger partial charge in [-0.3, -0.25) is 4.79 Å². The van der Waals surface area contributed by atoms with Crippen LogP contribution in [0.15, 0.2) is 40.9 Å². The minimum absolute atomic E-state index is 0.0953. The van der Waals surface area contributed by atoms with Crippen LogP contribution in [0.1, 0.15) is 23.9 Å². The Morgan fingerprint density at radius 3 is 2.79 bits per heavy atom. The van der Waals surface area contributed by atoms with Gasteiger partial charge in [-0.2, -0.15) is 0 Å². The van der Waals surface area contributed by atoms with Crippen LogP contribution in [-0.2, 0) is 0 Å². The number of aliphatic hydroxyl groups excluding tert-OH is 1. The van der Waals surface area contributed by atoms with E-state index in [9.17, 15) is 4.79 Å². The fraction of sp³-hybridized carbons (Fsp3) is 0.286. The molecule has 0 spiro atoms. The summed E-state index contributed by atoms with van der Waals surface area (Å²) in [5, 5.41) is 15.6. The molecule has 1 amide bonds. The zero-order chi connectivity index (χ0) is 13.7. The van der Waals surface area contributed by atoms with Crippen molar-refractivity contribution in [3.05, 3.63) is 42.2 Å². The molecule has 0 saturated carbocycles. The first-order chi connectivity index (χ1) is 9.24. The molecule has 1 aromatic heterocycles. The van der Waals surface area contributed by atoms with Gasteiger partial charge < -0.3 is 14.9 Å². The van der Waals surface area contributed by atoms with E-state index in [0.717, 1.165) is 5.56 Å². The number of hydrogen-bond donors (Lipinski definition) is 2. The van der Waals surface area contributed by atoms with Crippen LogP contribution in [-0.4, -0.2) is 28.8 Å². The molecule has 2 rings (SSSR count). The summed E-state index contributed by atoms with van der Waals surface area (Å²) in [6, 6.07) is 10.8. The summed E-state index contributed by atoms with van der Waals surface area (Å²) in [5.41, 5.74) is 1.50. The minimum atomic E-state index is -0.365. The van der Waals surface area contributed by atoms with Crippen molar-refractivity contribution in [3.8, 4) is 11.3 Å². The maximum atomic E-state index is 11.9. The number of rotatable bonds is 5. The molecule has 0 aliphatic carbocycles. The van der Waals surface area contributed by atoms with Crippen molar-refractivity contribution in [2.24, 2.45) is 0 Å². The van der Waals surface area contributed by atoms with Crippen LogP contribution in [0.2, 0.25) is 0 Å². The van der Waals surface area contributed by atoms with Gasteiger partial charge >= 0.3 is 0 Å². The standard InChI is InChI=1S/C14H16N2O3/c1-2-11(9-17)15-14(18)13-8-12(16-19-13)10-6-4-3-5-7-10/h3-8,11,17H,2,9H2,1H3,(H,15,18). The third-order valence-electron chi connectivity index (χ3n) is 2.85. The molecule has 0 fully saturated rings. The Hall–Kier alpha value is -2.14. The number of aliphatic hydroxyl groups is 1. The van der Waals surface area contributed by atoms with Crippen molar-refractivity contribution in [1.82, 2.24) is 10.5 Å². The van der Waals surface area contributed by atoms with Gasteiger partial charge in [0.15, 0.2) is 0 Å². The Kier molecular flexibility index (Phi) is 4.30. The number of nitrogens with zero attached hydrogens (tertiary/aromatic N) is 1. The fourth-order valence-corrected chi connectivity index (χ4v) is 1.66. The summed E-state index contributed by atoms with van der Waals surface area (Å²) in [4.78, 5) is 11.9. The van der Waals surface area contributed by atoms with E-state index in [1.165, 1.54) is 0 Å². The van der Waals surface area contributed by atoms with Crippen molar-refractivity contribution >= 4 is 5.91 Å². The van der Waals surface area contributed by atoms with Crippen molar-refractivity contribution in [2.75, 3.05) is 6.61 Å². The lowest BCUT2D eigenvalue weighted by Gasteiger charge is -2.11. The number of nitrogens with one attached hydrogen (secondary N) is 1. The first kappa shape index (κ1) is 13.3. The smallest absolute Gasteiger partial charge is 0.290 e. The molecule has 0 radical (unpaired) electrons. The maximum Gasteiger partial charge on any atom is 0.290 e. The van der Waals surface area contributed by atoms with Gasteiger partial charge in [0, 0.05) is 11.6 Å². The van der Waals surface area contributed by atoms with Crippen LogP contribution in [0.3, 0.4) is 0 Å². The molecule has 0 saturated heterocycles. The molecular weight excluding hydrogens is 244 g/mol. The summed E-state index contributed by atoms with van der Waals surface area (Å²) < 4.78 is 5.03. The zero-order valence-electron chi connectivity index (χ0n) is 10.7. The van der Waals surface area contributed by atoms with E-state index >= 15 is 0 Å². The van der Waals surface area contributed by atoms with E-state index in [1.807, 2.05) is 37.3 Å². The van der Waals surface area contributed by atoms with E-state index in [1.54, 1.807) is 6.07 Å². The molecule has 5 nitrogen and oxygen atoms in total. The highest BCUT2D eigenvalue weighted by atomic mass is 16.5. The second-order valence-electron chi connectivity index (χ2n) is 4.20. The van der Waals surface area contributed by atoms with E-state index in [-0.39, 0.29) is 24.3 Å². The number of amides is 1. The maximum absolute atomic E-state index is 11.9. The van der Waals surface area contributed by atoms with Gasteiger partial charge in [-0.1, -0.05) is 42.4 Å². The third kappa shape index (κ3) is 3.20. The summed E-state index contributed by atoms with van der Waals surface area (Å²) in [5.74, 6) is -0.221. The number of carbonyl (C=O) groups is 1. The molecule has 1 aromatic carbocycles. The van der Waals surface area contributed by atoms with Crippen LogP contribution in [0, 0.1) is 0 Å². The normalized spacial score (nSPS) is 12.1. The van der Waals surface area contributed by atoms with E-state index in [0.29, 0.717) is 12.1 Å². The predicted molar refractivity (Wildman–Crippen MR) is 70.6 cm³/mol. The van der Waals surface area contributed by atoms with E-state index in [4.69, 9.17) is 9.63 Å². The number of aromatic nitrogens is 1. The topological polar surface area (TPSA) is 75.4 Å². The third-order valence-corrected chi connectivity index (χ3v) is 2.85.